The number of fused-ring (bicyclic) bond motifs is 1. The Hall–Kier alpha value is -3.24. The van der Waals surface area contributed by atoms with Crippen LogP contribution in [0.5, 0.6) is 5.75 Å². The van der Waals surface area contributed by atoms with Crippen LogP contribution in [-0.2, 0) is 11.3 Å². The van der Waals surface area contributed by atoms with E-state index in [9.17, 15) is 9.59 Å². The van der Waals surface area contributed by atoms with Gasteiger partial charge in [-0.15, -0.1) is 0 Å². The summed E-state index contributed by atoms with van der Waals surface area (Å²) in [4.78, 5) is 29.2. The zero-order valence-electron chi connectivity index (χ0n) is 13.8. The lowest BCUT2D eigenvalue weighted by Gasteiger charge is -2.24. The number of Topliss-reactive ketones (excluding diaryl/α,β-unsaturated/α-hetero) is 1. The van der Waals surface area contributed by atoms with Gasteiger partial charge in [-0.3, -0.25) is 9.59 Å². The SMILES string of the molecule is COc1ccc(CN2C(=O)c3ccccc3C2CC(=O)C=[N+]=[N-])cc1. The summed E-state index contributed by atoms with van der Waals surface area (Å²) in [6.07, 6.45) is 0.944. The maximum Gasteiger partial charge on any atom is 0.323 e. The van der Waals surface area contributed by atoms with Crippen molar-refractivity contribution in [2.45, 2.75) is 19.0 Å². The molecule has 1 aliphatic heterocycles. The number of hydrogen-bond acceptors (Lipinski definition) is 3. The fraction of sp³-hybridized carbons (Fsp3) is 0.211. The van der Waals surface area contributed by atoms with Crippen molar-refractivity contribution in [3.63, 3.8) is 0 Å². The van der Waals surface area contributed by atoms with E-state index in [0.717, 1.165) is 23.1 Å². The molecule has 6 heteroatoms. The van der Waals surface area contributed by atoms with E-state index in [0.29, 0.717) is 12.1 Å². The van der Waals surface area contributed by atoms with E-state index in [-0.39, 0.29) is 24.2 Å². The second kappa shape index (κ2) is 7.11. The number of benzene rings is 2. The van der Waals surface area contributed by atoms with Crippen LogP contribution in [0, 0.1) is 0 Å². The van der Waals surface area contributed by atoms with Crippen molar-refractivity contribution >= 4 is 17.9 Å². The molecule has 0 saturated heterocycles. The summed E-state index contributed by atoms with van der Waals surface area (Å²) in [5.41, 5.74) is 10.9. The molecule has 1 amide bonds. The molecule has 0 fully saturated rings. The number of amides is 1. The van der Waals surface area contributed by atoms with Gasteiger partial charge in [0.15, 0.2) is 0 Å². The van der Waals surface area contributed by atoms with Crippen molar-refractivity contribution in [2.24, 2.45) is 0 Å². The summed E-state index contributed by atoms with van der Waals surface area (Å²) < 4.78 is 5.15. The monoisotopic (exact) mass is 335 g/mol. The van der Waals surface area contributed by atoms with Crippen LogP contribution in [0.4, 0.5) is 0 Å². The molecular formula is C19H17N3O3. The number of ketones is 1. The van der Waals surface area contributed by atoms with Crippen LogP contribution in [0.25, 0.3) is 5.53 Å². The fourth-order valence-electron chi connectivity index (χ4n) is 3.08. The predicted octanol–water partition coefficient (Wildman–Crippen LogP) is 2.65. The van der Waals surface area contributed by atoms with Crippen molar-refractivity contribution < 1.29 is 19.1 Å². The molecule has 0 spiro atoms. The summed E-state index contributed by atoms with van der Waals surface area (Å²) in [5.74, 6) is 0.299. The number of hydrogen-bond donors (Lipinski definition) is 0. The molecule has 0 radical (unpaired) electrons. The van der Waals surface area contributed by atoms with Crippen LogP contribution in [0.3, 0.4) is 0 Å². The zero-order chi connectivity index (χ0) is 17.8. The van der Waals surface area contributed by atoms with Crippen molar-refractivity contribution in [2.75, 3.05) is 7.11 Å². The van der Waals surface area contributed by atoms with Crippen LogP contribution in [0.1, 0.15) is 33.9 Å². The third kappa shape index (κ3) is 3.34. The predicted molar refractivity (Wildman–Crippen MR) is 91.4 cm³/mol. The second-order valence-corrected chi connectivity index (χ2v) is 5.80. The normalized spacial score (nSPS) is 15.5. The summed E-state index contributed by atoms with van der Waals surface area (Å²) in [6, 6.07) is 14.4. The van der Waals surface area contributed by atoms with E-state index in [4.69, 9.17) is 10.3 Å². The molecule has 2 aromatic carbocycles. The fourth-order valence-corrected chi connectivity index (χ4v) is 3.08. The average Bonchev–Trinajstić information content (AvgIpc) is 2.89. The minimum Gasteiger partial charge on any atom is -0.497 e. The molecule has 1 heterocycles. The first-order valence-electron chi connectivity index (χ1n) is 7.87. The Morgan fingerprint density at radius 1 is 1.24 bits per heavy atom. The first kappa shape index (κ1) is 16.6. The van der Waals surface area contributed by atoms with Gasteiger partial charge in [0.2, 0.25) is 5.78 Å². The van der Waals surface area contributed by atoms with E-state index >= 15 is 0 Å². The Bertz CT molecular complexity index is 854. The van der Waals surface area contributed by atoms with Gasteiger partial charge in [0, 0.05) is 18.5 Å². The van der Waals surface area contributed by atoms with Gasteiger partial charge in [-0.1, -0.05) is 30.3 Å². The average molecular weight is 335 g/mol. The van der Waals surface area contributed by atoms with E-state index in [1.807, 2.05) is 42.5 Å². The Kier molecular flexibility index (Phi) is 4.73. The number of methoxy groups -OCH3 is 1. The van der Waals surface area contributed by atoms with E-state index in [2.05, 4.69) is 4.79 Å². The summed E-state index contributed by atoms with van der Waals surface area (Å²) in [5, 5.41) is 0. The molecule has 3 rings (SSSR count). The number of carbonyl (C=O) groups is 2. The Morgan fingerprint density at radius 2 is 1.96 bits per heavy atom. The van der Waals surface area contributed by atoms with Crippen LogP contribution in [0.15, 0.2) is 48.5 Å². The van der Waals surface area contributed by atoms with E-state index in [1.165, 1.54) is 0 Å². The maximum atomic E-state index is 12.8. The van der Waals surface area contributed by atoms with Gasteiger partial charge < -0.3 is 15.2 Å². The highest BCUT2D eigenvalue weighted by atomic mass is 16.5. The van der Waals surface area contributed by atoms with Crippen LogP contribution < -0.4 is 4.74 Å². The van der Waals surface area contributed by atoms with Gasteiger partial charge in [-0.25, -0.2) is 0 Å². The zero-order valence-corrected chi connectivity index (χ0v) is 13.8. The highest BCUT2D eigenvalue weighted by Gasteiger charge is 2.37. The highest BCUT2D eigenvalue weighted by molar-refractivity contribution is 6.25. The smallest absolute Gasteiger partial charge is 0.323 e. The lowest BCUT2D eigenvalue weighted by molar-refractivity contribution is -0.117. The number of rotatable bonds is 6. The van der Waals surface area contributed by atoms with Gasteiger partial charge >= 0.3 is 6.21 Å². The molecule has 0 aliphatic carbocycles. The summed E-state index contributed by atoms with van der Waals surface area (Å²) in [7, 11) is 1.60. The third-order valence-corrected chi connectivity index (χ3v) is 4.30. The molecule has 6 nitrogen and oxygen atoms in total. The van der Waals surface area contributed by atoms with Gasteiger partial charge in [0.1, 0.15) is 5.75 Å². The van der Waals surface area contributed by atoms with Crippen LogP contribution >= 0.6 is 0 Å². The van der Waals surface area contributed by atoms with E-state index in [1.54, 1.807) is 18.1 Å². The molecule has 0 aromatic heterocycles. The molecule has 126 valence electrons. The molecule has 0 saturated carbocycles. The quantitative estimate of drug-likeness (QED) is 0.462. The van der Waals surface area contributed by atoms with Gasteiger partial charge in [-0.05, 0) is 29.3 Å². The van der Waals surface area contributed by atoms with E-state index < -0.39 is 0 Å². The number of carbonyl (C=O) groups excluding carboxylic acids is 2. The van der Waals surface area contributed by atoms with Crippen molar-refractivity contribution in [3.05, 3.63) is 70.8 Å². The number of nitrogens with zero attached hydrogens (tertiary/aromatic N) is 3. The van der Waals surface area contributed by atoms with Crippen molar-refractivity contribution in [1.29, 1.82) is 0 Å². The molecule has 0 bridgehead atoms. The highest BCUT2D eigenvalue weighted by Crippen LogP contribution is 2.37. The first-order valence-corrected chi connectivity index (χ1v) is 7.87. The maximum absolute atomic E-state index is 12.8. The first-order chi connectivity index (χ1) is 12.1. The number of ether oxygens (including phenoxy) is 1. The molecular weight excluding hydrogens is 318 g/mol. The lowest BCUT2D eigenvalue weighted by atomic mass is 10.0. The molecule has 1 unspecified atom stereocenters. The molecule has 1 atom stereocenters. The Balaban J connectivity index is 1.90. The Labute approximate surface area is 145 Å². The summed E-state index contributed by atoms with van der Waals surface area (Å²) >= 11 is 0. The van der Waals surface area contributed by atoms with Gasteiger partial charge in [0.25, 0.3) is 5.91 Å². The summed E-state index contributed by atoms with van der Waals surface area (Å²) in [6.45, 7) is 0.381. The largest absolute Gasteiger partial charge is 0.497 e. The Morgan fingerprint density at radius 3 is 2.64 bits per heavy atom. The lowest BCUT2D eigenvalue weighted by Crippen LogP contribution is -2.29. The van der Waals surface area contributed by atoms with Crippen LogP contribution in [0.2, 0.25) is 0 Å². The van der Waals surface area contributed by atoms with Gasteiger partial charge in [-0.2, -0.15) is 4.79 Å². The van der Waals surface area contributed by atoms with Crippen molar-refractivity contribution in [3.8, 4) is 5.75 Å². The minimum atomic E-state index is -0.378. The van der Waals surface area contributed by atoms with Crippen molar-refractivity contribution in [1.82, 2.24) is 4.90 Å². The molecule has 1 aliphatic rings. The molecule has 25 heavy (non-hydrogen) atoms. The topological polar surface area (TPSA) is 83.0 Å². The van der Waals surface area contributed by atoms with Gasteiger partial charge in [0.05, 0.1) is 13.2 Å². The standard InChI is InChI=1S/C19H17N3O3/c1-25-15-8-6-13(7-9-15)12-22-18(10-14(23)11-21-20)16-4-2-3-5-17(16)19(22)24/h2-9,11,18H,10,12H2,1H3. The molecule has 0 N–H and O–H groups in total. The van der Waals surface area contributed by atoms with Crippen LogP contribution in [-0.4, -0.2) is 34.7 Å². The second-order valence-electron chi connectivity index (χ2n) is 5.80. The third-order valence-electron chi connectivity index (χ3n) is 4.30. The molecule has 2 aromatic rings. The minimum absolute atomic E-state index is 0.0724.